The van der Waals surface area contributed by atoms with E-state index in [0.717, 1.165) is 39.1 Å². The van der Waals surface area contributed by atoms with Gasteiger partial charge in [-0.3, -0.25) is 0 Å². The molecule has 1 aromatic heterocycles. The van der Waals surface area contributed by atoms with Gasteiger partial charge >= 0.3 is 0 Å². The van der Waals surface area contributed by atoms with Crippen LogP contribution in [0.2, 0.25) is 5.02 Å². The zero-order chi connectivity index (χ0) is 19.4. The maximum Gasteiger partial charge on any atom is 0.191 e. The van der Waals surface area contributed by atoms with E-state index in [-0.39, 0.29) is 6.10 Å². The fraction of sp³-hybridized carbons (Fsp3) is 0.300. The van der Waals surface area contributed by atoms with Crippen LogP contribution in [0.15, 0.2) is 52.1 Å². The third kappa shape index (κ3) is 5.06. The van der Waals surface area contributed by atoms with E-state index in [0.29, 0.717) is 5.02 Å². The lowest BCUT2D eigenvalue weighted by atomic mass is 10.2. The van der Waals surface area contributed by atoms with Gasteiger partial charge in [-0.05, 0) is 62.2 Å². The zero-order valence-corrected chi connectivity index (χ0v) is 18.6. The third-order valence-corrected chi connectivity index (χ3v) is 5.89. The van der Waals surface area contributed by atoms with Crippen LogP contribution in [0.25, 0.3) is 0 Å². The second kappa shape index (κ2) is 9.13. The van der Waals surface area contributed by atoms with Crippen molar-refractivity contribution in [1.29, 1.82) is 0 Å². The van der Waals surface area contributed by atoms with Crippen molar-refractivity contribution in [1.82, 2.24) is 14.8 Å². The molecule has 0 aliphatic rings. The molecule has 0 spiro atoms. The summed E-state index contributed by atoms with van der Waals surface area (Å²) in [4.78, 5) is 0. The summed E-state index contributed by atoms with van der Waals surface area (Å²) in [5.74, 6) is 2.47. The molecule has 1 atom stereocenters. The van der Waals surface area contributed by atoms with Crippen molar-refractivity contribution < 1.29 is 4.74 Å². The average molecular weight is 467 g/mol. The topological polar surface area (TPSA) is 39.9 Å². The molecule has 0 aliphatic heterocycles. The van der Waals surface area contributed by atoms with Gasteiger partial charge in [0.2, 0.25) is 0 Å². The lowest BCUT2D eigenvalue weighted by Gasteiger charge is -2.17. The van der Waals surface area contributed by atoms with Crippen molar-refractivity contribution in [3.8, 4) is 5.75 Å². The monoisotopic (exact) mass is 465 g/mol. The molecule has 0 aliphatic carbocycles. The van der Waals surface area contributed by atoms with E-state index in [4.69, 9.17) is 16.3 Å². The predicted molar refractivity (Wildman–Crippen MR) is 115 cm³/mol. The van der Waals surface area contributed by atoms with Crippen molar-refractivity contribution in [2.24, 2.45) is 0 Å². The first kappa shape index (κ1) is 20.2. The summed E-state index contributed by atoms with van der Waals surface area (Å²) in [6, 6.07) is 13.9. The molecule has 1 unspecified atom stereocenters. The highest BCUT2D eigenvalue weighted by Crippen LogP contribution is 2.29. The molecule has 0 fully saturated rings. The number of thioether (sulfide) groups is 1. The standard InChI is InChI=1S/C20H21BrClN3OS/c1-4-25-19(14(3)26-18-9-8-17(22)10-13(18)2)23-24-20(25)27-12-15-6-5-7-16(21)11-15/h5-11,14H,4,12H2,1-3H3. The number of rotatable bonds is 7. The van der Waals surface area contributed by atoms with Crippen LogP contribution in [0, 0.1) is 6.92 Å². The number of hydrogen-bond donors (Lipinski definition) is 0. The Morgan fingerprint density at radius 1 is 1.22 bits per heavy atom. The first-order valence-corrected chi connectivity index (χ1v) is 10.9. The molecule has 2 aromatic carbocycles. The van der Waals surface area contributed by atoms with Crippen LogP contribution >= 0.6 is 39.3 Å². The molecule has 142 valence electrons. The second-order valence-electron chi connectivity index (χ2n) is 6.17. The number of ether oxygens (including phenoxy) is 1. The molecule has 7 heteroatoms. The number of aromatic nitrogens is 3. The summed E-state index contributed by atoms with van der Waals surface area (Å²) >= 11 is 11.2. The van der Waals surface area contributed by atoms with Crippen LogP contribution < -0.4 is 4.74 Å². The molecule has 4 nitrogen and oxygen atoms in total. The summed E-state index contributed by atoms with van der Waals surface area (Å²) in [5, 5.41) is 10.4. The fourth-order valence-electron chi connectivity index (χ4n) is 2.77. The largest absolute Gasteiger partial charge is 0.482 e. The highest BCUT2D eigenvalue weighted by molar-refractivity contribution is 9.10. The molecule has 3 rings (SSSR count). The predicted octanol–water partition coefficient (Wildman–Crippen LogP) is 6.45. The van der Waals surface area contributed by atoms with Crippen molar-refractivity contribution in [3.05, 3.63) is 68.9 Å². The van der Waals surface area contributed by atoms with Gasteiger partial charge in [-0.1, -0.05) is 51.4 Å². The van der Waals surface area contributed by atoms with Crippen LogP contribution in [0.5, 0.6) is 5.75 Å². The smallest absolute Gasteiger partial charge is 0.191 e. The van der Waals surface area contributed by atoms with Gasteiger partial charge in [-0.2, -0.15) is 0 Å². The minimum atomic E-state index is -0.211. The van der Waals surface area contributed by atoms with E-state index in [2.05, 4.69) is 49.8 Å². The van der Waals surface area contributed by atoms with Crippen molar-refractivity contribution in [2.75, 3.05) is 0 Å². The summed E-state index contributed by atoms with van der Waals surface area (Å²) in [6.07, 6.45) is -0.211. The maximum absolute atomic E-state index is 6.12. The van der Waals surface area contributed by atoms with E-state index in [1.54, 1.807) is 11.8 Å². The normalized spacial score (nSPS) is 12.2. The first-order valence-electron chi connectivity index (χ1n) is 8.71. The Labute approximate surface area is 177 Å². The zero-order valence-electron chi connectivity index (χ0n) is 15.4. The second-order valence-corrected chi connectivity index (χ2v) is 8.47. The number of hydrogen-bond acceptors (Lipinski definition) is 4. The lowest BCUT2D eigenvalue weighted by molar-refractivity contribution is 0.208. The minimum absolute atomic E-state index is 0.211. The van der Waals surface area contributed by atoms with Crippen LogP contribution in [0.4, 0.5) is 0 Å². The average Bonchev–Trinajstić information content (AvgIpc) is 3.05. The van der Waals surface area contributed by atoms with E-state index in [1.165, 1.54) is 5.56 Å². The SMILES string of the molecule is CCn1c(SCc2cccc(Br)c2)nnc1C(C)Oc1ccc(Cl)cc1C. The fourth-order valence-corrected chi connectivity index (χ4v) is 4.39. The Balaban J connectivity index is 1.74. The molecule has 0 bridgehead atoms. The lowest BCUT2D eigenvalue weighted by Crippen LogP contribution is -2.12. The van der Waals surface area contributed by atoms with Gasteiger partial charge in [-0.15, -0.1) is 10.2 Å². The van der Waals surface area contributed by atoms with Crippen LogP contribution in [0.3, 0.4) is 0 Å². The summed E-state index contributed by atoms with van der Waals surface area (Å²) in [7, 11) is 0. The van der Waals surface area contributed by atoms with E-state index in [1.807, 2.05) is 44.2 Å². The molecule has 1 heterocycles. The number of aryl methyl sites for hydroxylation is 1. The summed E-state index contributed by atoms with van der Waals surface area (Å²) in [6.45, 7) is 6.86. The van der Waals surface area contributed by atoms with Gasteiger partial charge in [0, 0.05) is 21.8 Å². The van der Waals surface area contributed by atoms with Crippen LogP contribution in [-0.4, -0.2) is 14.8 Å². The minimum Gasteiger partial charge on any atom is -0.482 e. The first-order chi connectivity index (χ1) is 13.0. The van der Waals surface area contributed by atoms with Crippen LogP contribution in [-0.2, 0) is 12.3 Å². The summed E-state index contributed by atoms with van der Waals surface area (Å²) in [5.41, 5.74) is 2.24. The molecule has 0 saturated heterocycles. The highest BCUT2D eigenvalue weighted by Gasteiger charge is 2.19. The number of nitrogens with zero attached hydrogens (tertiary/aromatic N) is 3. The Bertz CT molecular complexity index is 931. The molecular weight excluding hydrogens is 446 g/mol. The Kier molecular flexibility index (Phi) is 6.84. The molecule has 0 radical (unpaired) electrons. The quantitative estimate of drug-likeness (QED) is 0.375. The summed E-state index contributed by atoms with van der Waals surface area (Å²) < 4.78 is 9.31. The Hall–Kier alpha value is -1.50. The Morgan fingerprint density at radius 3 is 2.74 bits per heavy atom. The van der Waals surface area contributed by atoms with Gasteiger partial charge in [0.15, 0.2) is 17.1 Å². The molecule has 0 saturated carbocycles. The number of benzene rings is 2. The molecule has 3 aromatic rings. The van der Waals surface area contributed by atoms with Crippen molar-refractivity contribution in [3.63, 3.8) is 0 Å². The van der Waals surface area contributed by atoms with Gasteiger partial charge in [0.1, 0.15) is 5.75 Å². The van der Waals surface area contributed by atoms with Gasteiger partial charge in [0.25, 0.3) is 0 Å². The Morgan fingerprint density at radius 2 is 2.04 bits per heavy atom. The van der Waals surface area contributed by atoms with E-state index in [9.17, 15) is 0 Å². The van der Waals surface area contributed by atoms with Gasteiger partial charge in [-0.25, -0.2) is 0 Å². The van der Waals surface area contributed by atoms with Gasteiger partial charge < -0.3 is 9.30 Å². The van der Waals surface area contributed by atoms with Gasteiger partial charge in [0.05, 0.1) is 0 Å². The van der Waals surface area contributed by atoms with Crippen LogP contribution in [0.1, 0.15) is 36.9 Å². The third-order valence-electron chi connectivity index (χ3n) is 4.12. The van der Waals surface area contributed by atoms with E-state index >= 15 is 0 Å². The molecular formula is C20H21BrClN3OS. The molecule has 0 amide bonds. The highest BCUT2D eigenvalue weighted by atomic mass is 79.9. The van der Waals surface area contributed by atoms with Crippen molar-refractivity contribution in [2.45, 2.75) is 44.3 Å². The number of halogens is 2. The molecule has 0 N–H and O–H groups in total. The molecule has 27 heavy (non-hydrogen) atoms. The maximum atomic E-state index is 6.12. The van der Waals surface area contributed by atoms with Crippen molar-refractivity contribution >= 4 is 39.3 Å². The van der Waals surface area contributed by atoms with E-state index < -0.39 is 0 Å².